The van der Waals surface area contributed by atoms with Gasteiger partial charge in [-0.05, 0) is 44.3 Å². The molecule has 104 valence electrons. The number of aromatic nitrogens is 2. The molecule has 0 unspecified atom stereocenters. The SMILES string of the molecule is CC(C)NC(=S)Nc1ccc(Oc2ccccc2)nn1. The van der Waals surface area contributed by atoms with Gasteiger partial charge in [0.1, 0.15) is 5.75 Å². The van der Waals surface area contributed by atoms with E-state index in [1.165, 1.54) is 0 Å². The van der Waals surface area contributed by atoms with E-state index in [0.717, 1.165) is 5.75 Å². The Morgan fingerprint density at radius 2 is 1.85 bits per heavy atom. The first kappa shape index (κ1) is 14.2. The molecule has 0 amide bonds. The number of thiocarbonyl (C=S) groups is 1. The van der Waals surface area contributed by atoms with Crippen LogP contribution in [0.15, 0.2) is 42.5 Å². The first-order valence-electron chi connectivity index (χ1n) is 6.27. The lowest BCUT2D eigenvalue weighted by Crippen LogP contribution is -2.34. The molecule has 0 saturated heterocycles. The molecule has 2 rings (SSSR count). The molecule has 2 N–H and O–H groups in total. The van der Waals surface area contributed by atoms with Gasteiger partial charge in [0.05, 0.1) is 0 Å². The third-order valence-electron chi connectivity index (χ3n) is 2.27. The first-order valence-corrected chi connectivity index (χ1v) is 6.68. The Kier molecular flexibility index (Phi) is 4.84. The quantitative estimate of drug-likeness (QED) is 0.844. The summed E-state index contributed by atoms with van der Waals surface area (Å²) in [6, 6.07) is 13.2. The molecule has 2 aromatic rings. The van der Waals surface area contributed by atoms with Crippen LogP contribution in [0.2, 0.25) is 0 Å². The van der Waals surface area contributed by atoms with Gasteiger partial charge < -0.3 is 15.4 Å². The Hall–Kier alpha value is -2.21. The number of para-hydroxylation sites is 1. The number of ether oxygens (including phenoxy) is 1. The lowest BCUT2D eigenvalue weighted by atomic mass is 10.3. The molecule has 6 heteroatoms. The summed E-state index contributed by atoms with van der Waals surface area (Å²) in [5.74, 6) is 1.73. The normalized spacial score (nSPS) is 10.2. The van der Waals surface area contributed by atoms with Crippen molar-refractivity contribution < 1.29 is 4.74 Å². The van der Waals surface area contributed by atoms with E-state index in [-0.39, 0.29) is 6.04 Å². The summed E-state index contributed by atoms with van der Waals surface area (Å²) < 4.78 is 5.55. The summed E-state index contributed by atoms with van der Waals surface area (Å²) in [5, 5.41) is 14.5. The monoisotopic (exact) mass is 288 g/mol. The average molecular weight is 288 g/mol. The maximum absolute atomic E-state index is 5.55. The van der Waals surface area contributed by atoms with Crippen LogP contribution in [-0.4, -0.2) is 21.4 Å². The number of hydrogen-bond acceptors (Lipinski definition) is 4. The molecule has 1 heterocycles. The predicted octanol–water partition coefficient (Wildman–Crippen LogP) is 2.96. The third kappa shape index (κ3) is 4.47. The number of hydrogen-bond donors (Lipinski definition) is 2. The van der Waals surface area contributed by atoms with Crippen LogP contribution in [0.1, 0.15) is 13.8 Å². The smallest absolute Gasteiger partial charge is 0.238 e. The summed E-state index contributed by atoms with van der Waals surface area (Å²) in [7, 11) is 0. The zero-order valence-electron chi connectivity index (χ0n) is 11.3. The Balaban J connectivity index is 1.94. The van der Waals surface area contributed by atoms with Crippen LogP contribution in [-0.2, 0) is 0 Å². The van der Waals surface area contributed by atoms with Gasteiger partial charge in [-0.25, -0.2) is 0 Å². The third-order valence-corrected chi connectivity index (χ3v) is 2.49. The van der Waals surface area contributed by atoms with Crippen molar-refractivity contribution in [3.63, 3.8) is 0 Å². The topological polar surface area (TPSA) is 59.1 Å². The fourth-order valence-electron chi connectivity index (χ4n) is 1.47. The first-order chi connectivity index (χ1) is 9.63. The van der Waals surface area contributed by atoms with Crippen LogP contribution in [0.3, 0.4) is 0 Å². The Morgan fingerprint density at radius 3 is 2.45 bits per heavy atom. The molecule has 1 aromatic carbocycles. The van der Waals surface area contributed by atoms with Gasteiger partial charge in [0, 0.05) is 12.1 Å². The van der Waals surface area contributed by atoms with Crippen LogP contribution in [0.4, 0.5) is 5.82 Å². The number of nitrogens with zero attached hydrogens (tertiary/aromatic N) is 2. The van der Waals surface area contributed by atoms with Crippen molar-refractivity contribution in [1.82, 2.24) is 15.5 Å². The van der Waals surface area contributed by atoms with Crippen molar-refractivity contribution in [1.29, 1.82) is 0 Å². The zero-order chi connectivity index (χ0) is 14.4. The summed E-state index contributed by atoms with van der Waals surface area (Å²) >= 11 is 5.13. The van der Waals surface area contributed by atoms with Gasteiger partial charge in [0.2, 0.25) is 5.88 Å². The maximum Gasteiger partial charge on any atom is 0.238 e. The summed E-state index contributed by atoms with van der Waals surface area (Å²) in [4.78, 5) is 0. The largest absolute Gasteiger partial charge is 0.438 e. The highest BCUT2D eigenvalue weighted by Crippen LogP contribution is 2.18. The number of benzene rings is 1. The van der Waals surface area contributed by atoms with Crippen molar-refractivity contribution in [2.24, 2.45) is 0 Å². The molecule has 0 saturated carbocycles. The minimum absolute atomic E-state index is 0.267. The molecule has 0 bridgehead atoms. The Morgan fingerprint density at radius 1 is 1.10 bits per heavy atom. The minimum Gasteiger partial charge on any atom is -0.438 e. The molecule has 0 aliphatic heterocycles. The Labute approximate surface area is 123 Å². The van der Waals surface area contributed by atoms with Gasteiger partial charge in [-0.2, -0.15) is 0 Å². The van der Waals surface area contributed by atoms with Crippen LogP contribution >= 0.6 is 12.2 Å². The highest BCUT2D eigenvalue weighted by atomic mass is 32.1. The summed E-state index contributed by atoms with van der Waals surface area (Å²) in [6.45, 7) is 4.02. The number of anilines is 1. The van der Waals surface area contributed by atoms with E-state index in [2.05, 4.69) is 20.8 Å². The van der Waals surface area contributed by atoms with E-state index in [0.29, 0.717) is 16.8 Å². The Bertz CT molecular complexity index is 557. The van der Waals surface area contributed by atoms with Crippen molar-refractivity contribution in [2.75, 3.05) is 5.32 Å². The van der Waals surface area contributed by atoms with Gasteiger partial charge in [0.25, 0.3) is 0 Å². The standard InChI is InChI=1S/C14H16N4OS/c1-10(2)15-14(20)16-12-8-9-13(18-17-12)19-11-6-4-3-5-7-11/h3-10H,1-2H3,(H2,15,16,17,20). The van der Waals surface area contributed by atoms with Crippen molar-refractivity contribution in [2.45, 2.75) is 19.9 Å². The second-order valence-corrected chi connectivity index (χ2v) is 4.83. The van der Waals surface area contributed by atoms with Crippen LogP contribution in [0.25, 0.3) is 0 Å². The summed E-state index contributed by atoms with van der Waals surface area (Å²) in [5.41, 5.74) is 0. The molecular weight excluding hydrogens is 272 g/mol. The molecule has 5 nitrogen and oxygen atoms in total. The van der Waals surface area contributed by atoms with Crippen LogP contribution < -0.4 is 15.4 Å². The maximum atomic E-state index is 5.55. The fourth-order valence-corrected chi connectivity index (χ4v) is 1.81. The molecule has 0 fully saturated rings. The zero-order valence-corrected chi connectivity index (χ0v) is 12.1. The second kappa shape index (κ2) is 6.81. The second-order valence-electron chi connectivity index (χ2n) is 4.43. The van der Waals surface area contributed by atoms with E-state index in [1.54, 1.807) is 12.1 Å². The van der Waals surface area contributed by atoms with E-state index in [4.69, 9.17) is 17.0 Å². The van der Waals surface area contributed by atoms with Gasteiger partial charge in [-0.3, -0.25) is 0 Å². The van der Waals surface area contributed by atoms with E-state index in [9.17, 15) is 0 Å². The molecule has 0 radical (unpaired) electrons. The predicted molar refractivity (Wildman–Crippen MR) is 83.0 cm³/mol. The van der Waals surface area contributed by atoms with Crippen LogP contribution in [0, 0.1) is 0 Å². The molecule has 1 aromatic heterocycles. The van der Waals surface area contributed by atoms with Crippen LogP contribution in [0.5, 0.6) is 11.6 Å². The molecule has 0 atom stereocenters. The average Bonchev–Trinajstić information content (AvgIpc) is 2.41. The minimum atomic E-state index is 0.267. The molecule has 0 spiro atoms. The molecular formula is C14H16N4OS. The highest BCUT2D eigenvalue weighted by molar-refractivity contribution is 7.80. The summed E-state index contributed by atoms with van der Waals surface area (Å²) in [6.07, 6.45) is 0. The fraction of sp³-hybridized carbons (Fsp3) is 0.214. The highest BCUT2D eigenvalue weighted by Gasteiger charge is 2.03. The molecule has 0 aliphatic carbocycles. The van der Waals surface area contributed by atoms with Gasteiger partial charge in [0.15, 0.2) is 10.9 Å². The lowest BCUT2D eigenvalue weighted by Gasteiger charge is -2.12. The number of nitrogens with one attached hydrogen (secondary N) is 2. The van der Waals surface area contributed by atoms with E-state index in [1.807, 2.05) is 44.2 Å². The van der Waals surface area contributed by atoms with E-state index < -0.39 is 0 Å². The van der Waals surface area contributed by atoms with E-state index >= 15 is 0 Å². The molecule has 20 heavy (non-hydrogen) atoms. The van der Waals surface area contributed by atoms with Crippen molar-refractivity contribution >= 4 is 23.1 Å². The number of rotatable bonds is 4. The van der Waals surface area contributed by atoms with Gasteiger partial charge in [-0.15, -0.1) is 10.2 Å². The van der Waals surface area contributed by atoms with Gasteiger partial charge >= 0.3 is 0 Å². The van der Waals surface area contributed by atoms with Crippen molar-refractivity contribution in [3.8, 4) is 11.6 Å². The van der Waals surface area contributed by atoms with Gasteiger partial charge in [-0.1, -0.05) is 18.2 Å². The molecule has 0 aliphatic rings. The lowest BCUT2D eigenvalue weighted by molar-refractivity contribution is 0.455. The van der Waals surface area contributed by atoms with Crippen molar-refractivity contribution in [3.05, 3.63) is 42.5 Å².